The van der Waals surface area contributed by atoms with E-state index in [-0.39, 0.29) is 0 Å². The van der Waals surface area contributed by atoms with E-state index < -0.39 is 0 Å². The summed E-state index contributed by atoms with van der Waals surface area (Å²) >= 11 is 5.83. The molecule has 0 spiro atoms. The lowest BCUT2D eigenvalue weighted by Gasteiger charge is -1.97. The van der Waals surface area contributed by atoms with Crippen LogP contribution in [0.25, 0.3) is 0 Å². The van der Waals surface area contributed by atoms with Gasteiger partial charge in [-0.2, -0.15) is 0 Å². The van der Waals surface area contributed by atoms with Crippen molar-refractivity contribution in [3.63, 3.8) is 0 Å². The van der Waals surface area contributed by atoms with Crippen molar-refractivity contribution in [1.29, 1.82) is 0 Å². The molecule has 1 aromatic heterocycles. The molecule has 0 saturated heterocycles. The van der Waals surface area contributed by atoms with Crippen LogP contribution in [-0.2, 0) is 12.8 Å². The van der Waals surface area contributed by atoms with Crippen LogP contribution in [0.3, 0.4) is 0 Å². The Hall–Kier alpha value is -1.39. The summed E-state index contributed by atoms with van der Waals surface area (Å²) in [6.07, 6.45) is 1.41. The van der Waals surface area contributed by atoms with E-state index in [1.165, 1.54) is 0 Å². The third-order valence-electron chi connectivity index (χ3n) is 2.54. The second-order valence-electron chi connectivity index (χ2n) is 4.00. The summed E-state index contributed by atoms with van der Waals surface area (Å²) < 4.78 is 5.57. The quantitative estimate of drug-likeness (QED) is 0.816. The number of nitrogens with zero attached hydrogens (tertiary/aromatic N) is 2. The van der Waals surface area contributed by atoms with Crippen LogP contribution in [0.4, 0.5) is 0 Å². The number of hydrogen-bond acceptors (Lipinski definition) is 4. The molecule has 18 heavy (non-hydrogen) atoms. The highest BCUT2D eigenvalue weighted by Gasteiger charge is 2.06. The first-order valence-corrected chi connectivity index (χ1v) is 6.42. The minimum Gasteiger partial charge on any atom is -0.425 e. The Morgan fingerprint density at radius 3 is 2.61 bits per heavy atom. The van der Waals surface area contributed by atoms with Crippen molar-refractivity contribution >= 4 is 11.6 Å². The van der Waals surface area contributed by atoms with Crippen LogP contribution >= 0.6 is 11.6 Å². The third kappa shape index (κ3) is 3.82. The fourth-order valence-electron chi connectivity index (χ4n) is 1.61. The second kappa shape index (κ2) is 6.52. The van der Waals surface area contributed by atoms with Gasteiger partial charge in [-0.05, 0) is 24.2 Å². The highest BCUT2D eigenvalue weighted by molar-refractivity contribution is 6.30. The van der Waals surface area contributed by atoms with Crippen molar-refractivity contribution in [2.45, 2.75) is 19.8 Å². The predicted molar refractivity (Wildman–Crippen MR) is 70.8 cm³/mol. The Balaban J connectivity index is 1.91. The molecule has 1 heterocycles. The van der Waals surface area contributed by atoms with Gasteiger partial charge in [-0.25, -0.2) is 0 Å². The molecule has 0 aliphatic rings. The zero-order valence-electron chi connectivity index (χ0n) is 10.3. The van der Waals surface area contributed by atoms with Gasteiger partial charge in [0.1, 0.15) is 0 Å². The fourth-order valence-corrected chi connectivity index (χ4v) is 1.74. The van der Waals surface area contributed by atoms with Gasteiger partial charge in [-0.15, -0.1) is 10.2 Å². The maximum absolute atomic E-state index is 5.83. The number of hydrogen-bond donors (Lipinski definition) is 1. The Labute approximate surface area is 111 Å². The molecule has 96 valence electrons. The van der Waals surface area contributed by atoms with E-state index in [4.69, 9.17) is 16.0 Å². The average molecular weight is 266 g/mol. The van der Waals surface area contributed by atoms with Crippen LogP contribution in [-0.4, -0.2) is 23.3 Å². The standard InChI is InChI=1S/C13H16ClN3O/c1-2-15-8-7-12-16-17-13(18-12)9-10-3-5-11(14)6-4-10/h3-6,15H,2,7-9H2,1H3. The average Bonchev–Trinajstić information content (AvgIpc) is 2.80. The Morgan fingerprint density at radius 1 is 1.17 bits per heavy atom. The first kappa shape index (κ1) is 13.1. The molecule has 1 N–H and O–H groups in total. The number of likely N-dealkylation sites (N-methyl/N-ethyl adjacent to an activating group) is 1. The van der Waals surface area contributed by atoms with Crippen molar-refractivity contribution in [2.24, 2.45) is 0 Å². The van der Waals surface area contributed by atoms with Crippen molar-refractivity contribution in [3.8, 4) is 0 Å². The zero-order chi connectivity index (χ0) is 12.8. The molecular formula is C13H16ClN3O. The highest BCUT2D eigenvalue weighted by Crippen LogP contribution is 2.13. The summed E-state index contributed by atoms with van der Waals surface area (Å²) in [4.78, 5) is 0. The number of benzene rings is 1. The van der Waals surface area contributed by atoms with E-state index in [2.05, 4.69) is 22.4 Å². The van der Waals surface area contributed by atoms with Gasteiger partial charge in [-0.3, -0.25) is 0 Å². The molecule has 0 fully saturated rings. The van der Waals surface area contributed by atoms with Gasteiger partial charge in [0.15, 0.2) is 0 Å². The Morgan fingerprint density at radius 2 is 1.89 bits per heavy atom. The van der Waals surface area contributed by atoms with Crippen molar-refractivity contribution in [3.05, 3.63) is 46.6 Å². The third-order valence-corrected chi connectivity index (χ3v) is 2.79. The van der Waals surface area contributed by atoms with Gasteiger partial charge in [0.2, 0.25) is 11.8 Å². The van der Waals surface area contributed by atoms with E-state index in [1.54, 1.807) is 0 Å². The molecule has 0 bridgehead atoms. The van der Waals surface area contributed by atoms with E-state index in [0.717, 1.165) is 30.1 Å². The molecule has 2 rings (SSSR count). The second-order valence-corrected chi connectivity index (χ2v) is 4.43. The van der Waals surface area contributed by atoms with Gasteiger partial charge in [0, 0.05) is 18.0 Å². The summed E-state index contributed by atoms with van der Waals surface area (Å²) in [5, 5.41) is 12.0. The Bertz CT molecular complexity index is 481. The molecule has 0 aliphatic carbocycles. The van der Waals surface area contributed by atoms with Gasteiger partial charge in [0.05, 0.1) is 6.42 Å². The fraction of sp³-hybridized carbons (Fsp3) is 0.385. The van der Waals surface area contributed by atoms with Crippen LogP contribution in [0.1, 0.15) is 24.3 Å². The molecule has 4 nitrogen and oxygen atoms in total. The van der Waals surface area contributed by atoms with Crippen LogP contribution in [0.5, 0.6) is 0 Å². The smallest absolute Gasteiger partial charge is 0.220 e. The van der Waals surface area contributed by atoms with Crippen molar-refractivity contribution in [1.82, 2.24) is 15.5 Å². The van der Waals surface area contributed by atoms with Crippen molar-refractivity contribution in [2.75, 3.05) is 13.1 Å². The van der Waals surface area contributed by atoms with Gasteiger partial charge in [0.25, 0.3) is 0 Å². The minimum atomic E-state index is 0.642. The topological polar surface area (TPSA) is 51.0 Å². The predicted octanol–water partition coefficient (Wildman–Crippen LogP) is 2.47. The lowest BCUT2D eigenvalue weighted by atomic mass is 10.1. The van der Waals surface area contributed by atoms with E-state index >= 15 is 0 Å². The zero-order valence-corrected chi connectivity index (χ0v) is 11.1. The van der Waals surface area contributed by atoms with Gasteiger partial charge >= 0.3 is 0 Å². The maximum atomic E-state index is 5.83. The number of aromatic nitrogens is 2. The first-order valence-electron chi connectivity index (χ1n) is 6.04. The molecule has 2 aromatic rings. The lowest BCUT2D eigenvalue weighted by molar-refractivity contribution is 0.452. The molecule has 0 unspecified atom stereocenters. The molecule has 5 heteroatoms. The van der Waals surface area contributed by atoms with Crippen LogP contribution in [0, 0.1) is 0 Å². The van der Waals surface area contributed by atoms with Crippen LogP contribution in [0.15, 0.2) is 28.7 Å². The lowest BCUT2D eigenvalue weighted by Crippen LogP contribution is -2.16. The number of halogens is 1. The molecule has 1 aromatic carbocycles. The van der Waals surface area contributed by atoms with E-state index in [9.17, 15) is 0 Å². The molecule has 0 radical (unpaired) electrons. The summed E-state index contributed by atoms with van der Waals surface area (Å²) in [5.74, 6) is 1.32. The summed E-state index contributed by atoms with van der Waals surface area (Å²) in [6, 6.07) is 7.65. The first-order chi connectivity index (χ1) is 8.78. The molecule has 0 aliphatic heterocycles. The summed E-state index contributed by atoms with van der Waals surface area (Å²) in [6.45, 7) is 3.88. The van der Waals surface area contributed by atoms with E-state index in [0.29, 0.717) is 18.2 Å². The maximum Gasteiger partial charge on any atom is 0.220 e. The highest BCUT2D eigenvalue weighted by atomic mass is 35.5. The molecule has 0 saturated carbocycles. The number of rotatable bonds is 6. The summed E-state index contributed by atoms with van der Waals surface area (Å²) in [7, 11) is 0. The molecular weight excluding hydrogens is 250 g/mol. The van der Waals surface area contributed by atoms with Crippen LogP contribution < -0.4 is 5.32 Å². The minimum absolute atomic E-state index is 0.642. The van der Waals surface area contributed by atoms with E-state index in [1.807, 2.05) is 24.3 Å². The van der Waals surface area contributed by atoms with Gasteiger partial charge in [-0.1, -0.05) is 30.7 Å². The monoisotopic (exact) mass is 265 g/mol. The van der Waals surface area contributed by atoms with Gasteiger partial charge < -0.3 is 9.73 Å². The summed E-state index contributed by atoms with van der Waals surface area (Å²) in [5.41, 5.74) is 1.11. The molecule has 0 atom stereocenters. The largest absolute Gasteiger partial charge is 0.425 e. The number of nitrogens with one attached hydrogen (secondary N) is 1. The normalized spacial score (nSPS) is 10.8. The molecule has 0 amide bonds. The SMILES string of the molecule is CCNCCc1nnc(Cc2ccc(Cl)cc2)o1. The van der Waals surface area contributed by atoms with Crippen LogP contribution in [0.2, 0.25) is 5.02 Å². The van der Waals surface area contributed by atoms with Crippen molar-refractivity contribution < 1.29 is 4.42 Å². The Kier molecular flexibility index (Phi) is 4.73.